The first kappa shape index (κ1) is 20.5. The number of rotatable bonds is 6. The fourth-order valence-corrected chi connectivity index (χ4v) is 3.62. The Balaban J connectivity index is 1.56. The Morgan fingerprint density at radius 2 is 1.97 bits per heavy atom. The molecular formula is C22H22F2N6O. The number of amides is 2. The summed E-state index contributed by atoms with van der Waals surface area (Å²) in [7, 11) is 0. The number of aromatic nitrogens is 3. The second kappa shape index (κ2) is 8.55. The third kappa shape index (κ3) is 4.11. The van der Waals surface area contributed by atoms with E-state index in [0.717, 1.165) is 40.5 Å². The van der Waals surface area contributed by atoms with Gasteiger partial charge in [0.15, 0.2) is 17.5 Å². The van der Waals surface area contributed by atoms with Crippen molar-refractivity contribution in [3.05, 3.63) is 59.8 Å². The Morgan fingerprint density at radius 3 is 2.74 bits per heavy atom. The molecule has 2 aromatic carbocycles. The first-order valence-electron chi connectivity index (χ1n) is 10.0. The van der Waals surface area contributed by atoms with Crippen LogP contribution in [-0.4, -0.2) is 27.3 Å². The van der Waals surface area contributed by atoms with Crippen LogP contribution >= 0.6 is 0 Å². The number of hydrogen-bond donors (Lipinski definition) is 3. The predicted molar refractivity (Wildman–Crippen MR) is 117 cm³/mol. The van der Waals surface area contributed by atoms with E-state index in [1.54, 1.807) is 0 Å². The van der Waals surface area contributed by atoms with Crippen molar-refractivity contribution in [2.45, 2.75) is 26.3 Å². The highest BCUT2D eigenvalue weighted by Gasteiger charge is 2.17. The molecule has 0 bridgehead atoms. The van der Waals surface area contributed by atoms with Crippen LogP contribution in [0.4, 0.5) is 25.1 Å². The highest BCUT2D eigenvalue weighted by Crippen LogP contribution is 2.30. The molecule has 0 saturated carbocycles. The van der Waals surface area contributed by atoms with Gasteiger partial charge < -0.3 is 16.4 Å². The maximum atomic E-state index is 13.3. The van der Waals surface area contributed by atoms with E-state index in [9.17, 15) is 13.6 Å². The SMILES string of the molecule is CCCn1nc2c(N)nc3ccccc3c2c1CCNC(=O)Nc1ccc(F)c(F)c1. The minimum atomic E-state index is -1.02. The summed E-state index contributed by atoms with van der Waals surface area (Å²) >= 11 is 0. The van der Waals surface area contributed by atoms with Crippen molar-refractivity contribution in [2.24, 2.45) is 0 Å². The van der Waals surface area contributed by atoms with E-state index in [-0.39, 0.29) is 5.69 Å². The van der Waals surface area contributed by atoms with Crippen LogP contribution in [0.5, 0.6) is 0 Å². The van der Waals surface area contributed by atoms with Gasteiger partial charge in [-0.2, -0.15) is 5.10 Å². The van der Waals surface area contributed by atoms with Crippen molar-refractivity contribution >= 4 is 39.3 Å². The molecule has 0 spiro atoms. The molecule has 0 radical (unpaired) electrons. The third-order valence-electron chi connectivity index (χ3n) is 4.97. The summed E-state index contributed by atoms with van der Waals surface area (Å²) < 4.78 is 28.3. The molecule has 0 atom stereocenters. The standard InChI is InChI=1S/C22H22F2N6O/c1-2-11-30-18(9-10-26-22(31)27-13-7-8-15(23)16(24)12-13)19-14-5-3-4-6-17(14)28-21(25)20(19)29-30/h3-8,12H,2,9-11H2,1H3,(H2,25,28)(H2,26,27,31). The zero-order valence-corrected chi connectivity index (χ0v) is 17.0. The van der Waals surface area contributed by atoms with E-state index in [1.807, 2.05) is 28.9 Å². The lowest BCUT2D eigenvalue weighted by Crippen LogP contribution is -2.31. The van der Waals surface area contributed by atoms with E-state index >= 15 is 0 Å². The van der Waals surface area contributed by atoms with Crippen molar-refractivity contribution < 1.29 is 13.6 Å². The second-order valence-electron chi connectivity index (χ2n) is 7.17. The highest BCUT2D eigenvalue weighted by atomic mass is 19.2. The van der Waals surface area contributed by atoms with E-state index < -0.39 is 17.7 Å². The van der Waals surface area contributed by atoms with E-state index in [4.69, 9.17) is 5.73 Å². The number of carbonyl (C=O) groups excluding carboxylic acids is 1. The van der Waals surface area contributed by atoms with Gasteiger partial charge in [-0.05, 0) is 24.6 Å². The van der Waals surface area contributed by atoms with Crippen LogP contribution in [0.1, 0.15) is 19.0 Å². The lowest BCUT2D eigenvalue weighted by molar-refractivity contribution is 0.252. The first-order chi connectivity index (χ1) is 15.0. The smallest absolute Gasteiger partial charge is 0.319 e. The summed E-state index contributed by atoms with van der Waals surface area (Å²) in [6, 6.07) is 10.4. The number of nitrogens with one attached hydrogen (secondary N) is 2. The molecule has 160 valence electrons. The molecule has 0 fully saturated rings. The highest BCUT2D eigenvalue weighted by molar-refractivity contribution is 6.09. The zero-order valence-electron chi connectivity index (χ0n) is 17.0. The monoisotopic (exact) mass is 424 g/mol. The molecule has 2 amide bonds. The Labute approximate surface area is 177 Å². The molecule has 9 heteroatoms. The largest absolute Gasteiger partial charge is 0.382 e. The van der Waals surface area contributed by atoms with Crippen LogP contribution in [-0.2, 0) is 13.0 Å². The number of fused-ring (bicyclic) bond motifs is 3. The molecule has 4 rings (SSSR count). The summed E-state index contributed by atoms with van der Waals surface area (Å²) in [6.45, 7) is 3.08. The Hall–Kier alpha value is -3.75. The van der Waals surface area contributed by atoms with Crippen molar-refractivity contribution in [2.75, 3.05) is 17.6 Å². The lowest BCUT2D eigenvalue weighted by Gasteiger charge is -2.10. The molecule has 0 aliphatic rings. The van der Waals surface area contributed by atoms with Gasteiger partial charge in [0.2, 0.25) is 0 Å². The van der Waals surface area contributed by atoms with Crippen LogP contribution in [0.2, 0.25) is 0 Å². The van der Waals surface area contributed by atoms with Gasteiger partial charge in [-0.3, -0.25) is 4.68 Å². The number of pyridine rings is 1. The topological polar surface area (TPSA) is 97.9 Å². The second-order valence-corrected chi connectivity index (χ2v) is 7.17. The van der Waals surface area contributed by atoms with Crippen molar-refractivity contribution in [1.82, 2.24) is 20.1 Å². The van der Waals surface area contributed by atoms with Gasteiger partial charge in [0, 0.05) is 47.7 Å². The number of aryl methyl sites for hydroxylation is 1. The molecule has 2 heterocycles. The normalized spacial score (nSPS) is 11.2. The molecule has 0 unspecified atom stereocenters. The van der Waals surface area contributed by atoms with Crippen molar-refractivity contribution in [3.8, 4) is 0 Å². The number of nitrogens with zero attached hydrogens (tertiary/aromatic N) is 3. The van der Waals surface area contributed by atoms with Gasteiger partial charge in [0.1, 0.15) is 5.52 Å². The molecule has 0 saturated heterocycles. The summed E-state index contributed by atoms with van der Waals surface area (Å²) in [4.78, 5) is 16.6. The van der Waals surface area contributed by atoms with E-state index in [2.05, 4.69) is 27.6 Å². The fraction of sp³-hybridized carbons (Fsp3) is 0.227. The molecule has 2 aromatic heterocycles. The number of hydrogen-bond acceptors (Lipinski definition) is 4. The molecule has 0 aliphatic heterocycles. The van der Waals surface area contributed by atoms with Crippen LogP contribution < -0.4 is 16.4 Å². The average Bonchev–Trinajstić information content (AvgIpc) is 3.10. The number of para-hydroxylation sites is 1. The average molecular weight is 424 g/mol. The molecule has 7 nitrogen and oxygen atoms in total. The third-order valence-corrected chi connectivity index (χ3v) is 4.97. The van der Waals surface area contributed by atoms with Crippen LogP contribution in [0.25, 0.3) is 21.8 Å². The summed E-state index contributed by atoms with van der Waals surface area (Å²) in [5, 5.41) is 11.8. The van der Waals surface area contributed by atoms with Crippen LogP contribution in [0.15, 0.2) is 42.5 Å². The molecular weight excluding hydrogens is 402 g/mol. The molecule has 0 aliphatic carbocycles. The van der Waals surface area contributed by atoms with Gasteiger partial charge in [0.05, 0.1) is 5.52 Å². The van der Waals surface area contributed by atoms with Gasteiger partial charge in [0.25, 0.3) is 0 Å². The van der Waals surface area contributed by atoms with Gasteiger partial charge >= 0.3 is 6.03 Å². The van der Waals surface area contributed by atoms with Crippen molar-refractivity contribution in [3.63, 3.8) is 0 Å². The number of carbonyl (C=O) groups is 1. The molecule has 31 heavy (non-hydrogen) atoms. The fourth-order valence-electron chi connectivity index (χ4n) is 3.62. The Kier molecular flexibility index (Phi) is 5.66. The van der Waals surface area contributed by atoms with Crippen LogP contribution in [0, 0.1) is 11.6 Å². The predicted octanol–water partition coefficient (Wildman–Crippen LogP) is 4.22. The summed E-state index contributed by atoms with van der Waals surface area (Å²) in [6.07, 6.45) is 1.39. The molecule has 4 aromatic rings. The number of halogens is 2. The summed E-state index contributed by atoms with van der Waals surface area (Å²) in [5.74, 6) is -1.62. The number of benzene rings is 2. The zero-order chi connectivity index (χ0) is 22.0. The quantitative estimate of drug-likeness (QED) is 0.432. The van der Waals surface area contributed by atoms with Crippen molar-refractivity contribution in [1.29, 1.82) is 0 Å². The molecule has 4 N–H and O–H groups in total. The van der Waals surface area contributed by atoms with E-state index in [1.165, 1.54) is 6.07 Å². The number of anilines is 2. The van der Waals surface area contributed by atoms with Gasteiger partial charge in [-0.15, -0.1) is 0 Å². The maximum Gasteiger partial charge on any atom is 0.319 e. The number of urea groups is 1. The minimum Gasteiger partial charge on any atom is -0.382 e. The maximum absolute atomic E-state index is 13.3. The Morgan fingerprint density at radius 1 is 1.16 bits per heavy atom. The first-order valence-corrected chi connectivity index (χ1v) is 10.0. The Bertz CT molecular complexity index is 1270. The van der Waals surface area contributed by atoms with Gasteiger partial charge in [-0.1, -0.05) is 25.1 Å². The van der Waals surface area contributed by atoms with Gasteiger partial charge in [-0.25, -0.2) is 18.6 Å². The van der Waals surface area contributed by atoms with Crippen LogP contribution in [0.3, 0.4) is 0 Å². The minimum absolute atomic E-state index is 0.169. The summed E-state index contributed by atoms with van der Waals surface area (Å²) in [5.41, 5.74) is 8.72. The van der Waals surface area contributed by atoms with E-state index in [0.29, 0.717) is 30.8 Å². The lowest BCUT2D eigenvalue weighted by atomic mass is 10.1. The number of nitrogens with two attached hydrogens (primary N) is 1. The number of nitrogen functional groups attached to an aromatic ring is 1.